The molecule has 0 aliphatic rings. The Labute approximate surface area is 49.3 Å². The van der Waals surface area contributed by atoms with Gasteiger partial charge >= 0.3 is 0 Å². The van der Waals surface area contributed by atoms with Gasteiger partial charge in [0.1, 0.15) is 6.23 Å². The van der Waals surface area contributed by atoms with Crippen molar-refractivity contribution in [3.05, 3.63) is 6.42 Å². The smallest absolute Gasteiger partial charge is 0.110 e. The average molecular weight is 118 g/mol. The third kappa shape index (κ3) is 4.05. The SMILES string of the molecule is CNC(O)[CH]C(C)O. The van der Waals surface area contributed by atoms with Crippen LogP contribution in [0.3, 0.4) is 0 Å². The zero-order valence-electron chi connectivity index (χ0n) is 5.13. The van der Waals surface area contributed by atoms with Gasteiger partial charge in [-0.15, -0.1) is 0 Å². The summed E-state index contributed by atoms with van der Waals surface area (Å²) >= 11 is 0. The minimum absolute atomic E-state index is 0.558. The van der Waals surface area contributed by atoms with Crippen molar-refractivity contribution < 1.29 is 10.2 Å². The van der Waals surface area contributed by atoms with E-state index in [9.17, 15) is 0 Å². The topological polar surface area (TPSA) is 52.5 Å². The van der Waals surface area contributed by atoms with Crippen LogP contribution in [0, 0.1) is 6.42 Å². The molecule has 0 aliphatic carbocycles. The third-order valence-electron chi connectivity index (χ3n) is 0.757. The van der Waals surface area contributed by atoms with Crippen molar-refractivity contribution in [1.82, 2.24) is 5.32 Å². The molecule has 2 atom stereocenters. The van der Waals surface area contributed by atoms with E-state index in [2.05, 4.69) is 5.32 Å². The lowest BCUT2D eigenvalue weighted by atomic mass is 10.2. The molecule has 0 aliphatic heterocycles. The van der Waals surface area contributed by atoms with Crippen LogP contribution in [0.1, 0.15) is 6.92 Å². The summed E-state index contributed by atoms with van der Waals surface area (Å²) in [6.07, 6.45) is 0.132. The van der Waals surface area contributed by atoms with Crippen LogP contribution in [0.2, 0.25) is 0 Å². The number of hydrogen-bond acceptors (Lipinski definition) is 3. The van der Waals surface area contributed by atoms with Gasteiger partial charge in [0.15, 0.2) is 0 Å². The second kappa shape index (κ2) is 3.83. The monoisotopic (exact) mass is 118 g/mol. The Kier molecular flexibility index (Phi) is 3.77. The van der Waals surface area contributed by atoms with Gasteiger partial charge < -0.3 is 10.2 Å². The molecule has 8 heavy (non-hydrogen) atoms. The molecule has 0 fully saturated rings. The van der Waals surface area contributed by atoms with E-state index in [0.29, 0.717) is 0 Å². The summed E-state index contributed by atoms with van der Waals surface area (Å²) < 4.78 is 0. The highest BCUT2D eigenvalue weighted by molar-refractivity contribution is 4.76. The predicted molar refractivity (Wildman–Crippen MR) is 31.0 cm³/mol. The minimum atomic E-state index is -0.699. The highest BCUT2D eigenvalue weighted by atomic mass is 16.3. The molecule has 0 amide bonds. The largest absolute Gasteiger partial charge is 0.393 e. The molecule has 0 saturated carbocycles. The van der Waals surface area contributed by atoms with Crippen LogP contribution in [0.5, 0.6) is 0 Å². The number of nitrogens with one attached hydrogen (secondary N) is 1. The van der Waals surface area contributed by atoms with Crippen molar-refractivity contribution >= 4 is 0 Å². The highest BCUT2D eigenvalue weighted by Gasteiger charge is 2.03. The summed E-state index contributed by atoms with van der Waals surface area (Å²) in [6, 6.07) is 0. The van der Waals surface area contributed by atoms with Gasteiger partial charge in [-0.3, -0.25) is 5.32 Å². The number of rotatable bonds is 3. The molecule has 0 bridgehead atoms. The maximum absolute atomic E-state index is 8.70. The summed E-state index contributed by atoms with van der Waals surface area (Å²) in [6.45, 7) is 1.58. The van der Waals surface area contributed by atoms with E-state index in [4.69, 9.17) is 10.2 Å². The van der Waals surface area contributed by atoms with Gasteiger partial charge in [-0.1, -0.05) is 0 Å². The van der Waals surface area contributed by atoms with E-state index in [1.165, 1.54) is 6.42 Å². The third-order valence-corrected chi connectivity index (χ3v) is 0.757. The van der Waals surface area contributed by atoms with Crippen molar-refractivity contribution in [1.29, 1.82) is 0 Å². The van der Waals surface area contributed by atoms with E-state index < -0.39 is 12.3 Å². The molecule has 3 nitrogen and oxygen atoms in total. The molecule has 49 valence electrons. The fraction of sp³-hybridized carbons (Fsp3) is 0.800. The Hall–Kier alpha value is -0.120. The molecule has 2 unspecified atom stereocenters. The summed E-state index contributed by atoms with van der Waals surface area (Å²) in [5.41, 5.74) is 0. The fourth-order valence-corrected chi connectivity index (χ4v) is 0.360. The Morgan fingerprint density at radius 2 is 2.00 bits per heavy atom. The normalized spacial score (nSPS) is 18.0. The van der Waals surface area contributed by atoms with Gasteiger partial charge in [0.05, 0.1) is 6.10 Å². The number of aliphatic hydroxyl groups is 2. The molecule has 0 aromatic rings. The molecular formula is C5H12NO2. The lowest BCUT2D eigenvalue weighted by molar-refractivity contribution is 0.129. The van der Waals surface area contributed by atoms with Crippen molar-refractivity contribution in [3.8, 4) is 0 Å². The molecule has 1 radical (unpaired) electrons. The van der Waals surface area contributed by atoms with E-state index >= 15 is 0 Å². The Bertz CT molecular complexity index is 56.4. The highest BCUT2D eigenvalue weighted by Crippen LogP contribution is 1.89. The molecule has 3 N–H and O–H groups in total. The van der Waals surface area contributed by atoms with Gasteiger partial charge in [0.25, 0.3) is 0 Å². The summed E-state index contributed by atoms with van der Waals surface area (Å²) in [5.74, 6) is 0. The van der Waals surface area contributed by atoms with Crippen LogP contribution in [-0.2, 0) is 0 Å². The molecule has 0 rings (SSSR count). The van der Waals surface area contributed by atoms with Crippen LogP contribution in [0.25, 0.3) is 0 Å². The molecule has 0 saturated heterocycles. The first kappa shape index (κ1) is 7.88. The van der Waals surface area contributed by atoms with Crippen LogP contribution in [-0.4, -0.2) is 29.6 Å². The molecule has 0 heterocycles. The van der Waals surface area contributed by atoms with Crippen molar-refractivity contribution in [2.24, 2.45) is 0 Å². The molecular weight excluding hydrogens is 106 g/mol. The van der Waals surface area contributed by atoms with Gasteiger partial charge in [0, 0.05) is 6.42 Å². The first-order chi connectivity index (χ1) is 3.66. The fourth-order valence-electron chi connectivity index (χ4n) is 0.360. The Balaban J connectivity index is 3.10. The zero-order valence-corrected chi connectivity index (χ0v) is 5.13. The van der Waals surface area contributed by atoms with Crippen LogP contribution < -0.4 is 5.32 Å². The van der Waals surface area contributed by atoms with Gasteiger partial charge in [-0.05, 0) is 14.0 Å². The lowest BCUT2D eigenvalue weighted by Gasteiger charge is -2.09. The molecule has 0 aromatic heterocycles. The molecule has 0 spiro atoms. The Morgan fingerprint density at radius 3 is 2.12 bits per heavy atom. The van der Waals surface area contributed by atoms with Crippen LogP contribution in [0.15, 0.2) is 0 Å². The van der Waals surface area contributed by atoms with Crippen molar-refractivity contribution in [3.63, 3.8) is 0 Å². The van der Waals surface area contributed by atoms with Crippen molar-refractivity contribution in [2.45, 2.75) is 19.3 Å². The summed E-state index contributed by atoms with van der Waals surface area (Å²) in [5, 5.41) is 19.8. The summed E-state index contributed by atoms with van der Waals surface area (Å²) in [4.78, 5) is 0. The van der Waals surface area contributed by atoms with E-state index in [-0.39, 0.29) is 0 Å². The maximum Gasteiger partial charge on any atom is 0.110 e. The first-order valence-electron chi connectivity index (χ1n) is 2.55. The zero-order chi connectivity index (χ0) is 6.57. The second-order valence-corrected chi connectivity index (χ2v) is 1.67. The van der Waals surface area contributed by atoms with E-state index in [1.54, 1.807) is 14.0 Å². The quantitative estimate of drug-likeness (QED) is 0.421. The lowest BCUT2D eigenvalue weighted by Crippen LogP contribution is -2.28. The maximum atomic E-state index is 8.70. The van der Waals surface area contributed by atoms with Gasteiger partial charge in [-0.2, -0.15) is 0 Å². The number of aliphatic hydroxyl groups excluding tert-OH is 2. The molecule has 3 heteroatoms. The second-order valence-electron chi connectivity index (χ2n) is 1.67. The van der Waals surface area contributed by atoms with E-state index in [0.717, 1.165) is 0 Å². The van der Waals surface area contributed by atoms with Crippen molar-refractivity contribution in [2.75, 3.05) is 7.05 Å². The van der Waals surface area contributed by atoms with Crippen LogP contribution >= 0.6 is 0 Å². The summed E-state index contributed by atoms with van der Waals surface area (Å²) in [7, 11) is 1.61. The molecule has 0 aromatic carbocycles. The first-order valence-corrected chi connectivity index (χ1v) is 2.55. The predicted octanol–water partition coefficient (Wildman–Crippen LogP) is -0.891. The van der Waals surface area contributed by atoms with Gasteiger partial charge in [-0.25, -0.2) is 0 Å². The van der Waals surface area contributed by atoms with Gasteiger partial charge in [0.2, 0.25) is 0 Å². The van der Waals surface area contributed by atoms with Crippen LogP contribution in [0.4, 0.5) is 0 Å². The Morgan fingerprint density at radius 1 is 1.50 bits per heavy atom. The van der Waals surface area contributed by atoms with E-state index in [1.807, 2.05) is 0 Å². The minimum Gasteiger partial charge on any atom is -0.393 e. The average Bonchev–Trinajstić information content (AvgIpc) is 1.65. The standard InChI is InChI=1S/C5H12NO2/c1-4(7)3-5(8)6-2/h3-8H,1-2H3. The number of hydrogen-bond donors (Lipinski definition) is 3.